The summed E-state index contributed by atoms with van der Waals surface area (Å²) in [6.45, 7) is 8.03. The fourth-order valence-corrected chi connectivity index (χ4v) is 4.74. The van der Waals surface area contributed by atoms with Crippen LogP contribution in [0.25, 0.3) is 0 Å². The van der Waals surface area contributed by atoms with Gasteiger partial charge in [-0.1, -0.05) is 48.0 Å². The number of halogens is 1. The van der Waals surface area contributed by atoms with Crippen molar-refractivity contribution in [3.63, 3.8) is 0 Å². The van der Waals surface area contributed by atoms with Crippen molar-refractivity contribution in [1.29, 1.82) is 0 Å². The normalized spacial score (nSPS) is 17.6. The average Bonchev–Trinajstić information content (AvgIpc) is 2.94. The highest BCUT2D eigenvalue weighted by atomic mass is 35.5. The number of fused-ring (bicyclic) bond motifs is 1. The topological polar surface area (TPSA) is 57.6 Å². The molecule has 1 N–H and O–H groups in total. The Balaban J connectivity index is 1.77. The number of nitrogens with zero attached hydrogens (tertiary/aromatic N) is 1. The lowest BCUT2D eigenvalue weighted by Gasteiger charge is -2.24. The molecule has 0 bridgehead atoms. The smallest absolute Gasteiger partial charge is 0.264 e. The quantitative estimate of drug-likeness (QED) is 0.519. The molecule has 1 heterocycles. The van der Waals surface area contributed by atoms with Crippen molar-refractivity contribution in [2.45, 2.75) is 46.3 Å². The van der Waals surface area contributed by atoms with Gasteiger partial charge in [-0.3, -0.25) is 9.59 Å². The van der Waals surface area contributed by atoms with Crippen LogP contribution in [0.4, 0.5) is 5.69 Å². The van der Waals surface area contributed by atoms with Crippen molar-refractivity contribution in [2.24, 2.45) is 0 Å². The fourth-order valence-electron chi connectivity index (χ4n) is 4.57. The fraction of sp³-hybridized carbons (Fsp3) is 0.259. The molecule has 1 unspecified atom stereocenters. The Morgan fingerprint density at radius 2 is 1.59 bits per heavy atom. The van der Waals surface area contributed by atoms with Crippen LogP contribution in [0.5, 0.6) is 0 Å². The van der Waals surface area contributed by atoms with Crippen LogP contribution in [0.1, 0.15) is 50.2 Å². The van der Waals surface area contributed by atoms with Crippen molar-refractivity contribution in [3.05, 3.63) is 98.6 Å². The van der Waals surface area contributed by atoms with Crippen LogP contribution in [0.15, 0.2) is 54.6 Å². The maximum Gasteiger partial charge on any atom is 0.264 e. The summed E-state index contributed by atoms with van der Waals surface area (Å²) < 4.78 is 0. The standard InChI is InChI=1S/C27H26ClNO3/c1-16-12-17(2)19(4)25(18(16)3)24(30)14-27(32)22-13-21(28)10-11-23(22)29(26(27)31)15-20-8-6-5-7-9-20/h5-13,32H,14-15H2,1-4H3. The van der Waals surface area contributed by atoms with Crippen LogP contribution in [-0.4, -0.2) is 16.8 Å². The van der Waals surface area contributed by atoms with Crippen molar-refractivity contribution in [1.82, 2.24) is 0 Å². The molecule has 3 aromatic rings. The van der Waals surface area contributed by atoms with E-state index in [0.29, 0.717) is 28.4 Å². The lowest BCUT2D eigenvalue weighted by atomic mass is 9.84. The van der Waals surface area contributed by atoms with E-state index in [1.54, 1.807) is 18.2 Å². The van der Waals surface area contributed by atoms with E-state index in [1.807, 2.05) is 64.1 Å². The number of amides is 1. The monoisotopic (exact) mass is 447 g/mol. The van der Waals surface area contributed by atoms with E-state index in [9.17, 15) is 14.7 Å². The Labute approximate surface area is 193 Å². The Morgan fingerprint density at radius 3 is 2.22 bits per heavy atom. The molecule has 4 rings (SSSR count). The summed E-state index contributed by atoms with van der Waals surface area (Å²) in [7, 11) is 0. The number of hydrogen-bond donors (Lipinski definition) is 1. The molecule has 1 aliphatic rings. The van der Waals surface area contributed by atoms with Gasteiger partial charge in [0, 0.05) is 16.1 Å². The number of aliphatic hydroxyl groups is 1. The lowest BCUT2D eigenvalue weighted by Crippen LogP contribution is -2.41. The van der Waals surface area contributed by atoms with E-state index in [1.165, 1.54) is 4.90 Å². The highest BCUT2D eigenvalue weighted by Gasteiger charge is 2.51. The number of hydrogen-bond acceptors (Lipinski definition) is 3. The second kappa shape index (κ2) is 8.19. The summed E-state index contributed by atoms with van der Waals surface area (Å²) in [6.07, 6.45) is -0.338. The number of rotatable bonds is 5. The van der Waals surface area contributed by atoms with E-state index in [2.05, 4.69) is 0 Å². The molecule has 0 radical (unpaired) electrons. The van der Waals surface area contributed by atoms with Gasteiger partial charge in [-0.05, 0) is 73.7 Å². The van der Waals surface area contributed by atoms with E-state index in [4.69, 9.17) is 11.6 Å². The zero-order chi connectivity index (χ0) is 23.2. The largest absolute Gasteiger partial charge is 0.375 e. The van der Waals surface area contributed by atoms with Gasteiger partial charge in [0.1, 0.15) is 0 Å². The molecule has 3 aromatic carbocycles. The Morgan fingerprint density at radius 1 is 0.969 bits per heavy atom. The van der Waals surface area contributed by atoms with Crippen LogP contribution in [-0.2, 0) is 16.9 Å². The summed E-state index contributed by atoms with van der Waals surface area (Å²) in [5.41, 5.74) is 4.26. The zero-order valence-corrected chi connectivity index (χ0v) is 19.5. The van der Waals surface area contributed by atoms with Crippen LogP contribution in [0.3, 0.4) is 0 Å². The van der Waals surface area contributed by atoms with Crippen molar-refractivity contribution < 1.29 is 14.7 Å². The first-order chi connectivity index (χ1) is 15.1. The van der Waals surface area contributed by atoms with Gasteiger partial charge in [0.05, 0.1) is 18.7 Å². The molecule has 164 valence electrons. The molecule has 0 aliphatic carbocycles. The first-order valence-electron chi connectivity index (χ1n) is 10.6. The first-order valence-corrected chi connectivity index (χ1v) is 11.0. The minimum atomic E-state index is -1.97. The van der Waals surface area contributed by atoms with Gasteiger partial charge < -0.3 is 10.0 Å². The van der Waals surface area contributed by atoms with Crippen LogP contribution in [0.2, 0.25) is 5.02 Å². The van der Waals surface area contributed by atoms with Gasteiger partial charge in [0.15, 0.2) is 11.4 Å². The average molecular weight is 448 g/mol. The van der Waals surface area contributed by atoms with Gasteiger partial charge >= 0.3 is 0 Å². The van der Waals surface area contributed by atoms with Gasteiger partial charge in [0.25, 0.3) is 5.91 Å². The van der Waals surface area contributed by atoms with Gasteiger partial charge in [0.2, 0.25) is 0 Å². The van der Waals surface area contributed by atoms with Crippen molar-refractivity contribution in [2.75, 3.05) is 4.90 Å². The Kier molecular flexibility index (Phi) is 5.70. The minimum absolute atomic E-state index is 0.255. The molecule has 0 aromatic heterocycles. The minimum Gasteiger partial charge on any atom is -0.375 e. The number of anilines is 1. The highest BCUT2D eigenvalue weighted by Crippen LogP contribution is 2.45. The molecule has 4 nitrogen and oxygen atoms in total. The zero-order valence-electron chi connectivity index (χ0n) is 18.7. The first kappa shape index (κ1) is 22.3. The van der Waals surface area contributed by atoms with Crippen LogP contribution >= 0.6 is 11.6 Å². The molecule has 0 saturated heterocycles. The second-order valence-corrected chi connectivity index (χ2v) is 9.07. The molecule has 0 spiro atoms. The Bertz CT molecular complexity index is 1210. The number of ketones is 1. The SMILES string of the molecule is Cc1cc(C)c(C)c(C(=O)CC2(O)C(=O)N(Cc3ccccc3)c3ccc(Cl)cc32)c1C. The second-order valence-electron chi connectivity index (χ2n) is 8.63. The molecule has 5 heteroatoms. The molecule has 0 fully saturated rings. The van der Waals surface area contributed by atoms with Crippen LogP contribution in [0, 0.1) is 27.7 Å². The maximum atomic E-state index is 13.6. The number of aryl methyl sites for hydroxylation is 2. The summed E-state index contributed by atoms with van der Waals surface area (Å²) in [6, 6.07) is 16.6. The van der Waals surface area contributed by atoms with Crippen molar-refractivity contribution in [3.8, 4) is 0 Å². The number of Topliss-reactive ketones (excluding diaryl/α,β-unsaturated/α-hetero) is 1. The lowest BCUT2D eigenvalue weighted by molar-refractivity contribution is -0.136. The van der Waals surface area contributed by atoms with E-state index in [0.717, 1.165) is 27.8 Å². The third-order valence-electron chi connectivity index (χ3n) is 6.54. The summed E-state index contributed by atoms with van der Waals surface area (Å²) in [5.74, 6) is -0.762. The molecular weight excluding hydrogens is 422 g/mol. The van der Waals surface area contributed by atoms with E-state index < -0.39 is 11.5 Å². The van der Waals surface area contributed by atoms with E-state index >= 15 is 0 Å². The molecular formula is C27H26ClNO3. The summed E-state index contributed by atoms with van der Waals surface area (Å²) in [4.78, 5) is 28.6. The predicted octanol–water partition coefficient (Wildman–Crippen LogP) is 5.58. The maximum absolute atomic E-state index is 13.6. The molecule has 1 amide bonds. The summed E-state index contributed by atoms with van der Waals surface area (Å²) in [5, 5.41) is 12.1. The number of benzene rings is 3. The third kappa shape index (κ3) is 3.64. The number of carbonyl (C=O) groups is 2. The number of carbonyl (C=O) groups excluding carboxylic acids is 2. The third-order valence-corrected chi connectivity index (χ3v) is 6.77. The van der Waals surface area contributed by atoms with Gasteiger partial charge in [-0.2, -0.15) is 0 Å². The van der Waals surface area contributed by atoms with Gasteiger partial charge in [-0.15, -0.1) is 0 Å². The Hall–Kier alpha value is -2.95. The van der Waals surface area contributed by atoms with Gasteiger partial charge in [-0.25, -0.2) is 0 Å². The molecule has 32 heavy (non-hydrogen) atoms. The van der Waals surface area contributed by atoms with Crippen LogP contribution < -0.4 is 4.90 Å². The predicted molar refractivity (Wildman–Crippen MR) is 127 cm³/mol. The summed E-state index contributed by atoms with van der Waals surface area (Å²) >= 11 is 6.23. The molecule has 1 aliphatic heterocycles. The van der Waals surface area contributed by atoms with E-state index in [-0.39, 0.29) is 12.2 Å². The van der Waals surface area contributed by atoms with Crippen molar-refractivity contribution >= 4 is 29.0 Å². The molecule has 1 atom stereocenters. The highest BCUT2D eigenvalue weighted by molar-refractivity contribution is 6.31. The molecule has 0 saturated carbocycles.